The molecule has 2 aromatic carbocycles. The molecule has 4 rings (SSSR count). The van der Waals surface area contributed by atoms with Gasteiger partial charge in [-0.25, -0.2) is 4.98 Å². The largest absolute Gasteiger partial charge is 0.352 e. The zero-order chi connectivity index (χ0) is 18.6. The summed E-state index contributed by atoms with van der Waals surface area (Å²) >= 11 is 0. The minimum atomic E-state index is -0.220. The van der Waals surface area contributed by atoms with Crippen molar-refractivity contribution < 1.29 is 4.79 Å². The van der Waals surface area contributed by atoms with Gasteiger partial charge >= 0.3 is 0 Å². The monoisotopic (exact) mass is 354 g/mol. The Morgan fingerprint density at radius 1 is 1.04 bits per heavy atom. The Balaban J connectivity index is 1.44. The molecule has 1 aliphatic rings. The zero-order valence-corrected chi connectivity index (χ0v) is 14.7. The molecule has 0 spiro atoms. The number of hydrogen-bond acceptors (Lipinski definition) is 4. The third-order valence-corrected chi connectivity index (χ3v) is 4.74. The lowest BCUT2D eigenvalue weighted by Gasteiger charge is -2.29. The van der Waals surface area contributed by atoms with Crippen LogP contribution in [0.3, 0.4) is 0 Å². The summed E-state index contributed by atoms with van der Waals surface area (Å²) in [5, 5.41) is 11.6. The molecule has 1 aliphatic heterocycles. The molecule has 0 bridgehead atoms. The van der Waals surface area contributed by atoms with Crippen molar-refractivity contribution >= 4 is 17.4 Å². The van der Waals surface area contributed by atoms with Crippen molar-refractivity contribution in [3.63, 3.8) is 0 Å². The summed E-state index contributed by atoms with van der Waals surface area (Å²) in [6.07, 6.45) is 2.60. The van der Waals surface area contributed by atoms with Gasteiger partial charge in [-0.3, -0.25) is 4.79 Å². The average Bonchev–Trinajstić information content (AvgIpc) is 2.74. The molecule has 0 saturated heterocycles. The SMILES string of the molecule is N#Cc1ccc(NC(=O)c2ccc(N3CCc4ccccc4C3)nc2)cc1. The number of fused-ring (bicyclic) bond motifs is 1. The highest BCUT2D eigenvalue weighted by molar-refractivity contribution is 6.04. The molecule has 0 unspecified atom stereocenters. The zero-order valence-electron chi connectivity index (χ0n) is 14.7. The Morgan fingerprint density at radius 3 is 2.52 bits per heavy atom. The van der Waals surface area contributed by atoms with E-state index in [1.54, 1.807) is 36.5 Å². The Labute approximate surface area is 157 Å². The highest BCUT2D eigenvalue weighted by atomic mass is 16.1. The first-order valence-corrected chi connectivity index (χ1v) is 8.82. The van der Waals surface area contributed by atoms with Crippen LogP contribution in [0.5, 0.6) is 0 Å². The van der Waals surface area contributed by atoms with Crippen molar-refractivity contribution in [3.8, 4) is 6.07 Å². The number of amides is 1. The second-order valence-corrected chi connectivity index (χ2v) is 6.49. The van der Waals surface area contributed by atoms with E-state index < -0.39 is 0 Å². The van der Waals surface area contributed by atoms with Crippen LogP contribution in [0, 0.1) is 11.3 Å². The van der Waals surface area contributed by atoms with Crippen LogP contribution in [0.4, 0.5) is 11.5 Å². The average molecular weight is 354 g/mol. The first-order valence-electron chi connectivity index (χ1n) is 8.82. The Morgan fingerprint density at radius 2 is 1.81 bits per heavy atom. The number of anilines is 2. The maximum Gasteiger partial charge on any atom is 0.257 e. The summed E-state index contributed by atoms with van der Waals surface area (Å²) < 4.78 is 0. The molecule has 1 aromatic heterocycles. The second kappa shape index (κ2) is 7.30. The number of hydrogen-bond donors (Lipinski definition) is 1. The molecule has 3 aromatic rings. The third kappa shape index (κ3) is 3.65. The van der Waals surface area contributed by atoms with Crippen LogP contribution in [-0.4, -0.2) is 17.4 Å². The minimum Gasteiger partial charge on any atom is -0.352 e. The van der Waals surface area contributed by atoms with E-state index in [1.165, 1.54) is 11.1 Å². The highest BCUT2D eigenvalue weighted by Crippen LogP contribution is 2.23. The van der Waals surface area contributed by atoms with Gasteiger partial charge in [0.2, 0.25) is 0 Å². The standard InChI is InChI=1S/C22H18N4O/c23-13-16-5-8-20(9-6-16)25-22(27)18-7-10-21(24-14-18)26-12-11-17-3-1-2-4-19(17)15-26/h1-10,14H,11-12,15H2,(H,25,27). The van der Waals surface area contributed by atoms with Gasteiger partial charge in [0.15, 0.2) is 0 Å². The lowest BCUT2D eigenvalue weighted by atomic mass is 10.00. The van der Waals surface area contributed by atoms with Crippen LogP contribution in [0.1, 0.15) is 27.0 Å². The van der Waals surface area contributed by atoms with E-state index in [4.69, 9.17) is 5.26 Å². The molecule has 1 amide bonds. The summed E-state index contributed by atoms with van der Waals surface area (Å²) in [5.74, 6) is 0.655. The van der Waals surface area contributed by atoms with Crippen LogP contribution in [-0.2, 0) is 13.0 Å². The molecule has 5 nitrogen and oxygen atoms in total. The number of nitrogens with zero attached hydrogens (tertiary/aromatic N) is 3. The number of aromatic nitrogens is 1. The maximum absolute atomic E-state index is 12.4. The molecule has 2 heterocycles. The normalized spacial score (nSPS) is 12.8. The Bertz CT molecular complexity index is 1000. The van der Waals surface area contributed by atoms with E-state index in [-0.39, 0.29) is 5.91 Å². The van der Waals surface area contributed by atoms with Gasteiger partial charge in [0, 0.05) is 25.0 Å². The summed E-state index contributed by atoms with van der Waals surface area (Å²) in [6, 6.07) is 21.0. The molecule has 0 radical (unpaired) electrons. The minimum absolute atomic E-state index is 0.220. The van der Waals surface area contributed by atoms with E-state index in [0.717, 1.165) is 25.3 Å². The highest BCUT2D eigenvalue weighted by Gasteiger charge is 2.17. The van der Waals surface area contributed by atoms with E-state index in [9.17, 15) is 4.79 Å². The van der Waals surface area contributed by atoms with Crippen LogP contribution < -0.4 is 10.2 Å². The van der Waals surface area contributed by atoms with Gasteiger partial charge in [0.1, 0.15) is 5.82 Å². The molecule has 0 fully saturated rings. The van der Waals surface area contributed by atoms with E-state index in [1.807, 2.05) is 6.07 Å². The molecular formula is C22H18N4O. The number of pyridine rings is 1. The number of nitriles is 1. The van der Waals surface area contributed by atoms with Crippen molar-refractivity contribution in [3.05, 3.63) is 89.1 Å². The van der Waals surface area contributed by atoms with Crippen molar-refractivity contribution in [2.75, 3.05) is 16.8 Å². The van der Waals surface area contributed by atoms with Crippen molar-refractivity contribution in [1.82, 2.24) is 4.98 Å². The maximum atomic E-state index is 12.4. The predicted octanol–water partition coefficient (Wildman–Crippen LogP) is 3.77. The number of carbonyl (C=O) groups excluding carboxylic acids is 1. The Hall–Kier alpha value is -3.65. The van der Waals surface area contributed by atoms with Crippen molar-refractivity contribution in [2.45, 2.75) is 13.0 Å². The van der Waals surface area contributed by atoms with E-state index in [2.05, 4.69) is 45.5 Å². The topological polar surface area (TPSA) is 69.0 Å². The van der Waals surface area contributed by atoms with Crippen molar-refractivity contribution in [1.29, 1.82) is 5.26 Å². The number of benzene rings is 2. The van der Waals surface area contributed by atoms with E-state index in [0.29, 0.717) is 16.8 Å². The Kier molecular flexibility index (Phi) is 4.54. The smallest absolute Gasteiger partial charge is 0.257 e. The predicted molar refractivity (Wildman–Crippen MR) is 105 cm³/mol. The van der Waals surface area contributed by atoms with Crippen molar-refractivity contribution in [2.24, 2.45) is 0 Å². The molecule has 0 saturated carbocycles. The summed E-state index contributed by atoms with van der Waals surface area (Å²) in [4.78, 5) is 19.1. The van der Waals surface area contributed by atoms with Crippen LogP contribution in [0.2, 0.25) is 0 Å². The molecule has 0 atom stereocenters. The quantitative estimate of drug-likeness (QED) is 0.777. The number of nitrogens with one attached hydrogen (secondary N) is 1. The lowest BCUT2D eigenvalue weighted by Crippen LogP contribution is -2.31. The van der Waals surface area contributed by atoms with Gasteiger partial charge < -0.3 is 10.2 Å². The van der Waals surface area contributed by atoms with Crippen LogP contribution >= 0.6 is 0 Å². The summed E-state index contributed by atoms with van der Waals surface area (Å²) in [7, 11) is 0. The van der Waals surface area contributed by atoms with Gasteiger partial charge in [0.05, 0.1) is 17.2 Å². The van der Waals surface area contributed by atoms with Crippen LogP contribution in [0.25, 0.3) is 0 Å². The van der Waals surface area contributed by atoms with Gasteiger partial charge in [-0.15, -0.1) is 0 Å². The van der Waals surface area contributed by atoms with Gasteiger partial charge in [-0.2, -0.15) is 5.26 Å². The van der Waals surface area contributed by atoms with Gasteiger partial charge in [-0.05, 0) is 53.9 Å². The molecule has 5 heteroatoms. The van der Waals surface area contributed by atoms with Gasteiger partial charge in [-0.1, -0.05) is 24.3 Å². The first kappa shape index (κ1) is 16.8. The molecule has 27 heavy (non-hydrogen) atoms. The fraction of sp³-hybridized carbons (Fsp3) is 0.136. The summed E-state index contributed by atoms with van der Waals surface area (Å²) in [6.45, 7) is 1.75. The van der Waals surface area contributed by atoms with Gasteiger partial charge in [0.25, 0.3) is 5.91 Å². The molecular weight excluding hydrogens is 336 g/mol. The van der Waals surface area contributed by atoms with E-state index >= 15 is 0 Å². The number of rotatable bonds is 3. The fourth-order valence-corrected chi connectivity index (χ4v) is 3.23. The third-order valence-electron chi connectivity index (χ3n) is 4.74. The summed E-state index contributed by atoms with van der Waals surface area (Å²) in [5.41, 5.74) is 4.43. The second-order valence-electron chi connectivity index (χ2n) is 6.49. The number of carbonyl (C=O) groups is 1. The molecule has 1 N–H and O–H groups in total. The molecule has 0 aliphatic carbocycles. The lowest BCUT2D eigenvalue weighted by molar-refractivity contribution is 0.102. The fourth-order valence-electron chi connectivity index (χ4n) is 3.23. The first-order chi connectivity index (χ1) is 13.2. The van der Waals surface area contributed by atoms with Crippen LogP contribution in [0.15, 0.2) is 66.9 Å². The molecule has 132 valence electrons.